The first-order chi connectivity index (χ1) is 11.6. The quantitative estimate of drug-likeness (QED) is 0.807. The van der Waals surface area contributed by atoms with Gasteiger partial charge in [-0.2, -0.15) is 0 Å². The van der Waals surface area contributed by atoms with E-state index >= 15 is 0 Å². The second-order valence-electron chi connectivity index (χ2n) is 7.20. The SMILES string of the molecule is CCn1ccnc1CN(C)c1cc(C2CC(N)C2)nc(C2CC2)n1.Cl.Cl. The van der Waals surface area contributed by atoms with Gasteiger partial charge in [-0.1, -0.05) is 0 Å². The summed E-state index contributed by atoms with van der Waals surface area (Å²) in [5, 5.41) is 0. The van der Waals surface area contributed by atoms with E-state index in [0.717, 1.165) is 43.4 Å². The smallest absolute Gasteiger partial charge is 0.134 e. The lowest BCUT2D eigenvalue weighted by atomic mass is 9.78. The van der Waals surface area contributed by atoms with Crippen LogP contribution in [0.3, 0.4) is 0 Å². The molecular formula is C18H28Cl2N6. The van der Waals surface area contributed by atoms with E-state index in [-0.39, 0.29) is 24.8 Å². The fraction of sp³-hybridized carbons (Fsp3) is 0.611. The van der Waals surface area contributed by atoms with Crippen LogP contribution in [0.2, 0.25) is 0 Å². The largest absolute Gasteiger partial charge is 0.352 e. The summed E-state index contributed by atoms with van der Waals surface area (Å²) in [6, 6.07) is 2.49. The number of nitrogens with zero attached hydrogens (tertiary/aromatic N) is 5. The van der Waals surface area contributed by atoms with Crippen LogP contribution in [0.15, 0.2) is 18.5 Å². The Morgan fingerprint density at radius 2 is 1.92 bits per heavy atom. The maximum Gasteiger partial charge on any atom is 0.134 e. The molecule has 0 atom stereocenters. The Kier molecular flexibility index (Phi) is 6.88. The molecule has 2 heterocycles. The van der Waals surface area contributed by atoms with Crippen molar-refractivity contribution < 1.29 is 0 Å². The second kappa shape index (κ2) is 8.55. The van der Waals surface area contributed by atoms with E-state index in [2.05, 4.69) is 34.5 Å². The van der Waals surface area contributed by atoms with Crippen LogP contribution >= 0.6 is 24.8 Å². The van der Waals surface area contributed by atoms with Gasteiger partial charge in [0.05, 0.1) is 6.54 Å². The number of nitrogens with two attached hydrogens (primary N) is 1. The summed E-state index contributed by atoms with van der Waals surface area (Å²) in [6.45, 7) is 3.83. The van der Waals surface area contributed by atoms with Crippen molar-refractivity contribution in [3.05, 3.63) is 35.8 Å². The van der Waals surface area contributed by atoms with Gasteiger partial charge >= 0.3 is 0 Å². The van der Waals surface area contributed by atoms with Gasteiger partial charge in [-0.05, 0) is 32.6 Å². The van der Waals surface area contributed by atoms with Gasteiger partial charge in [0.25, 0.3) is 0 Å². The molecule has 4 rings (SSSR count). The molecule has 0 bridgehead atoms. The minimum atomic E-state index is 0. The Hall–Kier alpha value is -1.37. The van der Waals surface area contributed by atoms with Crippen molar-refractivity contribution in [3.8, 4) is 0 Å². The summed E-state index contributed by atoms with van der Waals surface area (Å²) >= 11 is 0. The molecule has 144 valence electrons. The van der Waals surface area contributed by atoms with Crippen LogP contribution in [0, 0.1) is 0 Å². The zero-order valence-electron chi connectivity index (χ0n) is 15.3. The molecular weight excluding hydrogens is 371 g/mol. The summed E-state index contributed by atoms with van der Waals surface area (Å²) in [7, 11) is 2.09. The lowest BCUT2D eigenvalue weighted by Crippen LogP contribution is -2.35. The number of halogens is 2. The van der Waals surface area contributed by atoms with Crippen LogP contribution in [0.25, 0.3) is 0 Å². The molecule has 0 unspecified atom stereocenters. The summed E-state index contributed by atoms with van der Waals surface area (Å²) in [5.74, 6) is 4.16. The third-order valence-corrected chi connectivity index (χ3v) is 5.20. The van der Waals surface area contributed by atoms with Crippen LogP contribution in [0.4, 0.5) is 5.82 Å². The van der Waals surface area contributed by atoms with Crippen molar-refractivity contribution in [2.45, 2.75) is 63.6 Å². The second-order valence-corrected chi connectivity index (χ2v) is 7.20. The van der Waals surface area contributed by atoms with E-state index in [1.807, 2.05) is 12.4 Å². The summed E-state index contributed by atoms with van der Waals surface area (Å²) < 4.78 is 2.17. The van der Waals surface area contributed by atoms with Crippen molar-refractivity contribution >= 4 is 30.6 Å². The predicted molar refractivity (Wildman–Crippen MR) is 108 cm³/mol. The number of imidazole rings is 1. The molecule has 2 fully saturated rings. The fourth-order valence-corrected chi connectivity index (χ4v) is 3.38. The number of anilines is 1. The van der Waals surface area contributed by atoms with Crippen LogP contribution in [0.5, 0.6) is 0 Å². The molecule has 6 nitrogen and oxygen atoms in total. The Morgan fingerprint density at radius 3 is 2.54 bits per heavy atom. The van der Waals surface area contributed by atoms with Crippen molar-refractivity contribution in [2.24, 2.45) is 5.73 Å². The molecule has 2 saturated carbocycles. The Bertz CT molecular complexity index is 724. The maximum atomic E-state index is 5.97. The molecule has 2 aliphatic rings. The van der Waals surface area contributed by atoms with Gasteiger partial charge in [0.1, 0.15) is 17.5 Å². The first-order valence-electron chi connectivity index (χ1n) is 8.99. The van der Waals surface area contributed by atoms with Gasteiger partial charge in [0.15, 0.2) is 0 Å². The normalized spacial score (nSPS) is 21.3. The summed E-state index contributed by atoms with van der Waals surface area (Å²) in [6.07, 6.45) is 8.42. The average molecular weight is 399 g/mol. The third kappa shape index (κ3) is 4.30. The zero-order valence-corrected chi connectivity index (χ0v) is 17.0. The highest BCUT2D eigenvalue weighted by molar-refractivity contribution is 5.85. The summed E-state index contributed by atoms with van der Waals surface area (Å²) in [4.78, 5) is 16.4. The van der Waals surface area contributed by atoms with Crippen LogP contribution < -0.4 is 10.6 Å². The molecule has 2 aliphatic carbocycles. The van der Waals surface area contributed by atoms with Crippen molar-refractivity contribution in [1.82, 2.24) is 19.5 Å². The highest BCUT2D eigenvalue weighted by Gasteiger charge is 2.32. The van der Waals surface area contributed by atoms with Gasteiger partial charge in [0.2, 0.25) is 0 Å². The van der Waals surface area contributed by atoms with Crippen LogP contribution in [-0.2, 0) is 13.1 Å². The number of aryl methyl sites for hydroxylation is 1. The van der Waals surface area contributed by atoms with E-state index in [1.165, 1.54) is 18.5 Å². The van der Waals surface area contributed by atoms with Crippen molar-refractivity contribution in [1.29, 1.82) is 0 Å². The third-order valence-electron chi connectivity index (χ3n) is 5.20. The van der Waals surface area contributed by atoms with Gasteiger partial charge in [-0.25, -0.2) is 15.0 Å². The van der Waals surface area contributed by atoms with Crippen molar-refractivity contribution in [3.63, 3.8) is 0 Å². The average Bonchev–Trinajstić information content (AvgIpc) is 3.32. The van der Waals surface area contributed by atoms with E-state index in [9.17, 15) is 0 Å². The zero-order chi connectivity index (χ0) is 16.7. The molecule has 0 aliphatic heterocycles. The first-order valence-corrected chi connectivity index (χ1v) is 8.99. The number of hydrogen-bond donors (Lipinski definition) is 1. The van der Waals surface area contributed by atoms with Gasteiger partial charge in [-0.15, -0.1) is 24.8 Å². The summed E-state index contributed by atoms with van der Waals surface area (Å²) in [5.41, 5.74) is 7.15. The lowest BCUT2D eigenvalue weighted by Gasteiger charge is -2.32. The molecule has 0 aromatic carbocycles. The van der Waals surface area contributed by atoms with Crippen LogP contribution in [-0.4, -0.2) is 32.6 Å². The maximum absolute atomic E-state index is 5.97. The minimum absolute atomic E-state index is 0. The molecule has 0 saturated heterocycles. The van der Waals surface area contributed by atoms with E-state index in [1.54, 1.807) is 0 Å². The molecule has 0 amide bonds. The predicted octanol–water partition coefficient (Wildman–Crippen LogP) is 3.26. The molecule has 2 aromatic heterocycles. The van der Waals surface area contributed by atoms with Crippen LogP contribution in [0.1, 0.15) is 61.8 Å². The van der Waals surface area contributed by atoms with E-state index in [4.69, 9.17) is 15.7 Å². The molecule has 0 spiro atoms. The molecule has 8 heteroatoms. The monoisotopic (exact) mass is 398 g/mol. The first kappa shape index (κ1) is 20.9. The van der Waals surface area contributed by atoms with Gasteiger partial charge in [-0.3, -0.25) is 0 Å². The minimum Gasteiger partial charge on any atom is -0.352 e. The van der Waals surface area contributed by atoms with E-state index in [0.29, 0.717) is 17.9 Å². The molecule has 26 heavy (non-hydrogen) atoms. The highest BCUT2D eigenvalue weighted by Crippen LogP contribution is 2.41. The van der Waals surface area contributed by atoms with Gasteiger partial charge in [0, 0.05) is 55.6 Å². The molecule has 2 aromatic rings. The number of aromatic nitrogens is 4. The van der Waals surface area contributed by atoms with E-state index < -0.39 is 0 Å². The topological polar surface area (TPSA) is 72.9 Å². The highest BCUT2D eigenvalue weighted by atomic mass is 35.5. The fourth-order valence-electron chi connectivity index (χ4n) is 3.38. The van der Waals surface area contributed by atoms with Crippen molar-refractivity contribution in [2.75, 3.05) is 11.9 Å². The Labute approximate surface area is 167 Å². The standard InChI is InChI=1S/C18H26N6.2ClH/c1-3-24-7-6-20-17(24)11-23(2)16-10-15(13-8-14(19)9-13)21-18(22-16)12-4-5-12;;/h6-7,10,12-14H,3-5,8-9,11,19H2,1-2H3;2*1H. The Morgan fingerprint density at radius 1 is 1.19 bits per heavy atom. The Balaban J connectivity index is 0.00000121. The number of hydrogen-bond acceptors (Lipinski definition) is 5. The lowest BCUT2D eigenvalue weighted by molar-refractivity contribution is 0.344. The number of rotatable bonds is 6. The van der Waals surface area contributed by atoms with Gasteiger partial charge < -0.3 is 15.2 Å². The molecule has 0 radical (unpaired) electrons. The molecule has 2 N–H and O–H groups in total.